The molecular weight excluding hydrogens is 284 g/mol. The number of carboxylic acid groups (broad SMARTS) is 1. The molecule has 1 aromatic carbocycles. The molecule has 0 aliphatic rings. The Morgan fingerprint density at radius 2 is 2.05 bits per heavy atom. The standard InChI is InChI=1S/C13H13ClN2O2S/c1-6-4-7(2)10(9(14)5-6)16-13-15-8(3)11(19-13)12(17)18/h4-5H,1-3H3,(H,15,16)(H,17,18). The predicted molar refractivity (Wildman–Crippen MR) is 78.0 cm³/mol. The number of aryl methyl sites for hydroxylation is 3. The molecule has 0 fully saturated rings. The molecule has 0 aliphatic carbocycles. The summed E-state index contributed by atoms with van der Waals surface area (Å²) >= 11 is 7.30. The van der Waals surface area contributed by atoms with Gasteiger partial charge in [0.1, 0.15) is 4.88 Å². The fourth-order valence-electron chi connectivity index (χ4n) is 1.83. The Hall–Kier alpha value is -1.59. The summed E-state index contributed by atoms with van der Waals surface area (Å²) in [5.74, 6) is -0.963. The number of hydrogen-bond donors (Lipinski definition) is 2. The van der Waals surface area contributed by atoms with E-state index in [1.807, 2.05) is 26.0 Å². The molecule has 100 valence electrons. The number of hydrogen-bond acceptors (Lipinski definition) is 4. The molecule has 1 heterocycles. The highest BCUT2D eigenvalue weighted by molar-refractivity contribution is 7.17. The van der Waals surface area contributed by atoms with Gasteiger partial charge < -0.3 is 10.4 Å². The molecule has 0 unspecified atom stereocenters. The maximum atomic E-state index is 11.0. The monoisotopic (exact) mass is 296 g/mol. The van der Waals surface area contributed by atoms with Crippen LogP contribution in [0.1, 0.15) is 26.5 Å². The maximum absolute atomic E-state index is 11.0. The fraction of sp³-hybridized carbons (Fsp3) is 0.231. The number of benzene rings is 1. The second-order valence-electron chi connectivity index (χ2n) is 4.30. The molecule has 0 spiro atoms. The number of carboxylic acids is 1. The minimum Gasteiger partial charge on any atom is -0.477 e. The number of aromatic carboxylic acids is 1. The van der Waals surface area contributed by atoms with Gasteiger partial charge in [0.2, 0.25) is 0 Å². The highest BCUT2D eigenvalue weighted by atomic mass is 35.5. The van der Waals surface area contributed by atoms with Gasteiger partial charge in [0, 0.05) is 0 Å². The van der Waals surface area contributed by atoms with Crippen molar-refractivity contribution >= 4 is 39.7 Å². The molecule has 0 saturated heterocycles. The van der Waals surface area contributed by atoms with Gasteiger partial charge in [-0.25, -0.2) is 9.78 Å². The van der Waals surface area contributed by atoms with E-state index in [9.17, 15) is 4.79 Å². The second-order valence-corrected chi connectivity index (χ2v) is 5.71. The van der Waals surface area contributed by atoms with E-state index in [0.717, 1.165) is 28.2 Å². The first-order chi connectivity index (χ1) is 8.88. The van der Waals surface area contributed by atoms with Crippen LogP contribution in [0.2, 0.25) is 5.02 Å². The van der Waals surface area contributed by atoms with Crippen LogP contribution in [0.4, 0.5) is 10.8 Å². The van der Waals surface area contributed by atoms with Crippen LogP contribution >= 0.6 is 22.9 Å². The molecule has 0 radical (unpaired) electrons. The third-order valence-corrected chi connectivity index (χ3v) is 4.01. The van der Waals surface area contributed by atoms with Crippen molar-refractivity contribution in [1.82, 2.24) is 4.98 Å². The Morgan fingerprint density at radius 3 is 2.58 bits per heavy atom. The van der Waals surface area contributed by atoms with Gasteiger partial charge in [-0.2, -0.15) is 0 Å². The van der Waals surface area contributed by atoms with E-state index in [4.69, 9.17) is 16.7 Å². The van der Waals surface area contributed by atoms with Crippen LogP contribution in [0.3, 0.4) is 0 Å². The van der Waals surface area contributed by atoms with Gasteiger partial charge >= 0.3 is 5.97 Å². The van der Waals surface area contributed by atoms with Crippen molar-refractivity contribution in [2.75, 3.05) is 5.32 Å². The molecule has 2 aromatic rings. The highest BCUT2D eigenvalue weighted by Gasteiger charge is 2.15. The van der Waals surface area contributed by atoms with Crippen molar-refractivity contribution in [1.29, 1.82) is 0 Å². The Morgan fingerprint density at radius 1 is 1.37 bits per heavy atom. The van der Waals surface area contributed by atoms with Gasteiger partial charge in [0.05, 0.1) is 16.4 Å². The van der Waals surface area contributed by atoms with Crippen LogP contribution in [-0.2, 0) is 0 Å². The third-order valence-electron chi connectivity index (χ3n) is 2.65. The minimum atomic E-state index is -0.963. The molecule has 1 aromatic heterocycles. The van der Waals surface area contributed by atoms with E-state index in [2.05, 4.69) is 10.3 Å². The summed E-state index contributed by atoms with van der Waals surface area (Å²) in [6, 6.07) is 3.86. The van der Waals surface area contributed by atoms with E-state index in [1.165, 1.54) is 0 Å². The molecule has 0 aliphatic heterocycles. The van der Waals surface area contributed by atoms with Crippen molar-refractivity contribution in [2.45, 2.75) is 20.8 Å². The Labute approximate surface area is 120 Å². The number of halogens is 1. The smallest absolute Gasteiger partial charge is 0.347 e. The summed E-state index contributed by atoms with van der Waals surface area (Å²) < 4.78 is 0. The first-order valence-electron chi connectivity index (χ1n) is 5.63. The summed E-state index contributed by atoms with van der Waals surface area (Å²) in [5, 5.41) is 13.2. The van der Waals surface area contributed by atoms with Crippen LogP contribution in [0, 0.1) is 20.8 Å². The molecule has 0 atom stereocenters. The summed E-state index contributed by atoms with van der Waals surface area (Å²) in [6.45, 7) is 5.59. The van der Waals surface area contributed by atoms with Crippen LogP contribution in [0.5, 0.6) is 0 Å². The van der Waals surface area contributed by atoms with E-state index in [-0.39, 0.29) is 4.88 Å². The maximum Gasteiger partial charge on any atom is 0.347 e. The Kier molecular flexibility index (Phi) is 3.78. The Balaban J connectivity index is 2.37. The van der Waals surface area contributed by atoms with Crippen molar-refractivity contribution in [3.05, 3.63) is 38.9 Å². The van der Waals surface area contributed by atoms with Gasteiger partial charge in [0.15, 0.2) is 5.13 Å². The lowest BCUT2D eigenvalue weighted by Gasteiger charge is -2.10. The minimum absolute atomic E-state index is 0.239. The summed E-state index contributed by atoms with van der Waals surface area (Å²) in [6.07, 6.45) is 0. The highest BCUT2D eigenvalue weighted by Crippen LogP contribution is 2.32. The molecular formula is C13H13ClN2O2S. The summed E-state index contributed by atoms with van der Waals surface area (Å²) in [7, 11) is 0. The number of carbonyl (C=O) groups is 1. The van der Waals surface area contributed by atoms with Gasteiger partial charge in [0.25, 0.3) is 0 Å². The van der Waals surface area contributed by atoms with Gasteiger partial charge in [-0.1, -0.05) is 29.0 Å². The molecule has 0 bridgehead atoms. The topological polar surface area (TPSA) is 62.2 Å². The Bertz CT molecular complexity index is 629. The van der Waals surface area contributed by atoms with Gasteiger partial charge in [-0.15, -0.1) is 0 Å². The van der Waals surface area contributed by atoms with E-state index in [1.54, 1.807) is 6.92 Å². The van der Waals surface area contributed by atoms with Crippen molar-refractivity contribution in [2.24, 2.45) is 0 Å². The van der Waals surface area contributed by atoms with Crippen LogP contribution in [-0.4, -0.2) is 16.1 Å². The molecule has 2 rings (SSSR count). The van der Waals surface area contributed by atoms with Crippen molar-refractivity contribution < 1.29 is 9.90 Å². The average Bonchev–Trinajstić information content (AvgIpc) is 2.65. The third kappa shape index (κ3) is 2.88. The molecule has 0 amide bonds. The molecule has 4 nitrogen and oxygen atoms in total. The molecule has 0 saturated carbocycles. The lowest BCUT2D eigenvalue weighted by molar-refractivity contribution is 0.0701. The number of anilines is 2. The zero-order valence-electron chi connectivity index (χ0n) is 10.7. The first-order valence-corrected chi connectivity index (χ1v) is 6.82. The number of nitrogens with one attached hydrogen (secondary N) is 1. The second kappa shape index (κ2) is 5.19. The fourth-order valence-corrected chi connectivity index (χ4v) is 3.01. The number of nitrogens with zero attached hydrogens (tertiary/aromatic N) is 1. The van der Waals surface area contributed by atoms with Crippen LogP contribution in [0.15, 0.2) is 12.1 Å². The zero-order chi connectivity index (χ0) is 14.2. The van der Waals surface area contributed by atoms with Crippen molar-refractivity contribution in [3.8, 4) is 0 Å². The van der Waals surface area contributed by atoms with Crippen molar-refractivity contribution in [3.63, 3.8) is 0 Å². The quantitative estimate of drug-likeness (QED) is 0.892. The van der Waals surface area contributed by atoms with E-state index < -0.39 is 5.97 Å². The summed E-state index contributed by atoms with van der Waals surface area (Å²) in [5.41, 5.74) is 3.34. The lowest BCUT2D eigenvalue weighted by Crippen LogP contribution is -1.94. The molecule has 6 heteroatoms. The number of thiazole rings is 1. The number of rotatable bonds is 3. The zero-order valence-corrected chi connectivity index (χ0v) is 12.3. The van der Waals surface area contributed by atoms with Gasteiger partial charge in [-0.3, -0.25) is 0 Å². The van der Waals surface area contributed by atoms with Crippen LogP contribution < -0.4 is 5.32 Å². The van der Waals surface area contributed by atoms with Gasteiger partial charge in [-0.05, 0) is 38.0 Å². The van der Waals surface area contributed by atoms with Crippen LogP contribution in [0.25, 0.3) is 0 Å². The largest absolute Gasteiger partial charge is 0.477 e. The molecule has 19 heavy (non-hydrogen) atoms. The summed E-state index contributed by atoms with van der Waals surface area (Å²) in [4.78, 5) is 15.4. The van der Waals surface area contributed by atoms with E-state index in [0.29, 0.717) is 15.8 Å². The average molecular weight is 297 g/mol. The number of aromatic nitrogens is 1. The SMILES string of the molecule is Cc1cc(C)c(Nc2nc(C)c(C(=O)O)s2)c(Cl)c1. The first kappa shape index (κ1) is 13.8. The predicted octanol–water partition coefficient (Wildman–Crippen LogP) is 4.16. The molecule has 2 N–H and O–H groups in total. The normalized spacial score (nSPS) is 10.5. The van der Waals surface area contributed by atoms with E-state index >= 15 is 0 Å². The lowest BCUT2D eigenvalue weighted by atomic mass is 10.1.